The number of halogens is 4. The molecule has 2 saturated carbocycles. The Morgan fingerprint density at radius 2 is 1.22 bits per heavy atom. The molecule has 0 unspecified atom stereocenters. The van der Waals surface area contributed by atoms with Crippen molar-refractivity contribution < 1.29 is 28.9 Å². The van der Waals surface area contributed by atoms with Gasteiger partial charge in [-0.15, -0.1) is 33.4 Å². The molecule has 45 heavy (non-hydrogen) atoms. The van der Waals surface area contributed by atoms with E-state index in [-0.39, 0.29) is 39.0 Å². The first-order valence-corrected chi connectivity index (χ1v) is 15.6. The zero-order valence-electron chi connectivity index (χ0n) is 24.5. The predicted octanol–water partition coefficient (Wildman–Crippen LogP) is 7.00. The Balaban J connectivity index is 0.000000191. The number of rotatable bonds is 8. The molecule has 240 valence electrons. The van der Waals surface area contributed by atoms with Gasteiger partial charge in [0.2, 0.25) is 11.8 Å². The van der Waals surface area contributed by atoms with Crippen LogP contribution >= 0.6 is 46.4 Å². The van der Waals surface area contributed by atoms with Crippen LogP contribution in [0.15, 0.2) is 48.8 Å². The molecule has 4 aromatic heterocycles. The van der Waals surface area contributed by atoms with Gasteiger partial charge < -0.3 is 19.3 Å². The second-order valence-corrected chi connectivity index (χ2v) is 12.3. The highest BCUT2D eigenvalue weighted by Crippen LogP contribution is 2.27. The largest absolute Gasteiger partial charge is 0.478 e. The minimum atomic E-state index is -1.11. The third-order valence-corrected chi connectivity index (χ3v) is 6.32. The SMILES string of the molecule is CC(C)(C)OC(=O)c1ccc(-n2ccc(OC3CC3)n2)nc1Cl.ClCCl.O=C(O)c1ccc(-n2ccc(OC3CC3)n2)nc1Cl. The standard InChI is InChI=1S/C16H18ClN3O3.C12H10ClN3O3.CH2Cl2/c1-16(2,3)23-15(21)11-6-7-12(18-14(11)17)20-9-8-13(19-20)22-10-4-5-10;13-11-8(12(17)18)3-4-9(14-11)16-6-5-10(15-16)19-7-1-2-7;2-1-3/h6-10H,4-5H2,1-3H3;3-7H,1-2H2,(H,17,18);1H2. The molecule has 2 aliphatic rings. The molecule has 0 saturated heterocycles. The molecule has 4 heterocycles. The molecule has 0 aliphatic heterocycles. The number of hydrogen-bond acceptors (Lipinski definition) is 9. The molecule has 0 aromatic carbocycles. The molecule has 4 aromatic rings. The molecule has 2 aliphatic carbocycles. The number of aromatic nitrogens is 6. The van der Waals surface area contributed by atoms with Gasteiger partial charge in [0.25, 0.3) is 0 Å². The summed E-state index contributed by atoms with van der Waals surface area (Å²) in [5.41, 5.74) is -0.394. The van der Waals surface area contributed by atoms with Crippen LogP contribution in [0.25, 0.3) is 11.6 Å². The summed E-state index contributed by atoms with van der Waals surface area (Å²) in [6.45, 7) is 5.39. The lowest BCUT2D eigenvalue weighted by Crippen LogP contribution is -2.24. The topological polar surface area (TPSA) is 143 Å². The van der Waals surface area contributed by atoms with Crippen LogP contribution in [-0.4, -0.2) is 69.7 Å². The Hall–Kier alpha value is -3.58. The summed E-state index contributed by atoms with van der Waals surface area (Å²) in [4.78, 5) is 31.1. The van der Waals surface area contributed by atoms with Crippen molar-refractivity contribution in [2.24, 2.45) is 0 Å². The summed E-state index contributed by atoms with van der Waals surface area (Å²) in [5.74, 6) is 0.431. The molecule has 0 bridgehead atoms. The Morgan fingerprint density at radius 1 is 0.800 bits per heavy atom. The van der Waals surface area contributed by atoms with Gasteiger partial charge in [-0.1, -0.05) is 23.2 Å². The highest BCUT2D eigenvalue weighted by molar-refractivity contribution is 6.40. The summed E-state index contributed by atoms with van der Waals surface area (Å²) in [7, 11) is 0. The molecule has 0 amide bonds. The monoisotopic (exact) mass is 698 g/mol. The van der Waals surface area contributed by atoms with Crippen molar-refractivity contribution >= 4 is 58.3 Å². The number of ether oxygens (including phenoxy) is 3. The normalized spacial score (nSPS) is 13.9. The predicted molar refractivity (Wildman–Crippen MR) is 169 cm³/mol. The average molecular weight is 700 g/mol. The summed E-state index contributed by atoms with van der Waals surface area (Å²) >= 11 is 21.5. The molecule has 6 rings (SSSR count). The van der Waals surface area contributed by atoms with E-state index >= 15 is 0 Å². The van der Waals surface area contributed by atoms with E-state index in [1.807, 2.05) is 0 Å². The zero-order valence-corrected chi connectivity index (χ0v) is 27.5. The Morgan fingerprint density at radius 3 is 1.58 bits per heavy atom. The van der Waals surface area contributed by atoms with Crippen LogP contribution in [0.5, 0.6) is 11.8 Å². The number of nitrogens with zero attached hydrogens (tertiary/aromatic N) is 6. The van der Waals surface area contributed by atoms with Crippen LogP contribution in [0.4, 0.5) is 0 Å². The van der Waals surface area contributed by atoms with Crippen molar-refractivity contribution in [3.8, 4) is 23.4 Å². The van der Waals surface area contributed by atoms with E-state index in [4.69, 9.17) is 65.7 Å². The quantitative estimate of drug-likeness (QED) is 0.116. The number of carboxylic acids is 1. The minimum absolute atomic E-state index is 0.0352. The van der Waals surface area contributed by atoms with E-state index in [0.717, 1.165) is 25.7 Å². The molecule has 1 N–H and O–H groups in total. The summed E-state index contributed by atoms with van der Waals surface area (Å²) in [6.07, 6.45) is 8.25. The third kappa shape index (κ3) is 10.5. The molecular weight excluding hydrogens is 670 g/mol. The van der Waals surface area contributed by atoms with Crippen molar-refractivity contribution in [2.75, 3.05) is 5.34 Å². The van der Waals surface area contributed by atoms with E-state index in [9.17, 15) is 9.59 Å². The summed E-state index contributed by atoms with van der Waals surface area (Å²) in [6, 6.07) is 9.70. The van der Waals surface area contributed by atoms with Crippen LogP contribution in [0, 0.1) is 0 Å². The Bertz CT molecular complexity index is 1630. The van der Waals surface area contributed by atoms with Crippen molar-refractivity contribution in [3.05, 3.63) is 70.2 Å². The Labute approximate surface area is 279 Å². The fraction of sp³-hybridized carbons (Fsp3) is 0.379. The molecule has 0 radical (unpaired) electrons. The lowest BCUT2D eigenvalue weighted by Gasteiger charge is -2.19. The Kier molecular flexibility index (Phi) is 11.5. The van der Waals surface area contributed by atoms with Crippen LogP contribution in [-0.2, 0) is 4.74 Å². The lowest BCUT2D eigenvalue weighted by molar-refractivity contribution is 0.00690. The first-order chi connectivity index (χ1) is 21.4. The molecule has 16 heteroatoms. The van der Waals surface area contributed by atoms with Gasteiger partial charge >= 0.3 is 11.9 Å². The van der Waals surface area contributed by atoms with Gasteiger partial charge in [0, 0.05) is 24.5 Å². The smallest absolute Gasteiger partial charge is 0.341 e. The maximum absolute atomic E-state index is 12.1. The second-order valence-electron chi connectivity index (χ2n) is 10.8. The number of alkyl halides is 2. The van der Waals surface area contributed by atoms with Crippen molar-refractivity contribution in [1.29, 1.82) is 0 Å². The first-order valence-electron chi connectivity index (χ1n) is 13.7. The number of carbonyl (C=O) groups is 2. The molecule has 0 atom stereocenters. The van der Waals surface area contributed by atoms with E-state index in [1.165, 1.54) is 10.7 Å². The van der Waals surface area contributed by atoms with Crippen molar-refractivity contribution in [2.45, 2.75) is 64.3 Å². The number of esters is 1. The number of hydrogen-bond donors (Lipinski definition) is 1. The zero-order chi connectivity index (χ0) is 32.7. The molecule has 12 nitrogen and oxygen atoms in total. The van der Waals surface area contributed by atoms with Crippen LogP contribution in [0.3, 0.4) is 0 Å². The molecular formula is C29H30Cl4N6O6. The third-order valence-electron chi connectivity index (χ3n) is 5.74. The van der Waals surface area contributed by atoms with E-state index in [2.05, 4.69) is 20.2 Å². The van der Waals surface area contributed by atoms with Crippen LogP contribution in [0.1, 0.15) is 67.2 Å². The van der Waals surface area contributed by atoms with E-state index in [0.29, 0.717) is 23.4 Å². The summed E-state index contributed by atoms with van der Waals surface area (Å²) in [5, 5.41) is 17.6. The molecule has 0 spiro atoms. The van der Waals surface area contributed by atoms with Crippen molar-refractivity contribution in [3.63, 3.8) is 0 Å². The van der Waals surface area contributed by atoms with Gasteiger partial charge in [-0.25, -0.2) is 28.9 Å². The van der Waals surface area contributed by atoms with Crippen LogP contribution < -0.4 is 9.47 Å². The minimum Gasteiger partial charge on any atom is -0.478 e. The van der Waals surface area contributed by atoms with Gasteiger partial charge in [0.15, 0.2) is 11.6 Å². The highest BCUT2D eigenvalue weighted by Gasteiger charge is 2.26. The first kappa shape index (κ1) is 34.3. The van der Waals surface area contributed by atoms with Crippen molar-refractivity contribution in [1.82, 2.24) is 29.5 Å². The fourth-order valence-corrected chi connectivity index (χ4v) is 3.92. The van der Waals surface area contributed by atoms with Gasteiger partial charge in [-0.2, -0.15) is 0 Å². The summed E-state index contributed by atoms with van der Waals surface area (Å²) < 4.78 is 19.5. The van der Waals surface area contributed by atoms with Gasteiger partial charge in [-0.05, 0) is 70.7 Å². The maximum Gasteiger partial charge on any atom is 0.341 e. The van der Waals surface area contributed by atoms with Crippen LogP contribution in [0.2, 0.25) is 10.3 Å². The average Bonchev–Trinajstić information content (AvgIpc) is 3.86. The van der Waals surface area contributed by atoms with E-state index in [1.54, 1.807) is 68.2 Å². The lowest BCUT2D eigenvalue weighted by atomic mass is 10.2. The highest BCUT2D eigenvalue weighted by atomic mass is 35.5. The van der Waals surface area contributed by atoms with Gasteiger partial charge in [0.05, 0.1) is 16.5 Å². The molecule has 2 fully saturated rings. The number of carboxylic acid groups (broad SMARTS) is 1. The maximum atomic E-state index is 12.1. The van der Waals surface area contributed by atoms with E-state index < -0.39 is 17.5 Å². The van der Waals surface area contributed by atoms with Gasteiger partial charge in [-0.3, -0.25) is 0 Å². The second kappa shape index (κ2) is 15.1. The number of pyridine rings is 2. The fourth-order valence-electron chi connectivity index (χ4n) is 3.46. The number of aromatic carboxylic acids is 1. The van der Waals surface area contributed by atoms with Gasteiger partial charge in [0.1, 0.15) is 28.1 Å². The number of carbonyl (C=O) groups excluding carboxylic acids is 1.